The number of thioether (sulfide) groups is 1. The van der Waals surface area contributed by atoms with Gasteiger partial charge in [-0.15, -0.1) is 23.1 Å². The molecule has 1 atom stereocenters. The van der Waals surface area contributed by atoms with Crippen molar-refractivity contribution in [2.45, 2.75) is 10.1 Å². The van der Waals surface area contributed by atoms with Gasteiger partial charge >= 0.3 is 0 Å². The first-order chi connectivity index (χ1) is 25.3. The van der Waals surface area contributed by atoms with Gasteiger partial charge in [-0.1, -0.05) is 96.0 Å². The molecule has 0 spiro atoms. The SMILES string of the molecule is COc1ccccc1/C=C(\NC(=O)c1ccccc1)C(=O)Nc1ccc(SC(C(=O)Nc2nc(-c3ccc(Cl)c(Cl)c3)cs2)c2ccccc2)cc1. The molecule has 1 heterocycles. The van der Waals surface area contributed by atoms with Gasteiger partial charge in [-0.3, -0.25) is 14.4 Å². The van der Waals surface area contributed by atoms with Gasteiger partial charge in [0.05, 0.1) is 22.8 Å². The standard InChI is InChI=1S/C40H30Cl2N4O4S2/c1-50-35-15-9-8-14-28(35)23-33(44-37(47)26-12-6-3-7-13-26)38(48)43-29-17-19-30(20-18-29)52-36(25-10-4-2-5-11-25)39(49)46-40-45-34(24-51-40)27-16-21-31(41)32(42)22-27/h2-24,36H,1H3,(H,43,48)(H,44,47)(H,45,46,49)/b33-23-. The molecule has 3 amide bonds. The topological polar surface area (TPSA) is 109 Å². The van der Waals surface area contributed by atoms with E-state index < -0.39 is 17.1 Å². The van der Waals surface area contributed by atoms with E-state index in [0.717, 1.165) is 16.0 Å². The summed E-state index contributed by atoms with van der Waals surface area (Å²) in [4.78, 5) is 45.8. The van der Waals surface area contributed by atoms with Gasteiger partial charge in [0.15, 0.2) is 5.13 Å². The average molecular weight is 766 g/mol. The van der Waals surface area contributed by atoms with Crippen molar-refractivity contribution in [3.63, 3.8) is 0 Å². The van der Waals surface area contributed by atoms with Crippen LogP contribution in [0.15, 0.2) is 143 Å². The lowest BCUT2D eigenvalue weighted by molar-refractivity contribution is -0.116. The van der Waals surface area contributed by atoms with E-state index in [1.54, 1.807) is 66.7 Å². The predicted molar refractivity (Wildman–Crippen MR) is 211 cm³/mol. The van der Waals surface area contributed by atoms with E-state index in [4.69, 9.17) is 27.9 Å². The van der Waals surface area contributed by atoms with Crippen LogP contribution >= 0.6 is 46.3 Å². The molecule has 12 heteroatoms. The summed E-state index contributed by atoms with van der Waals surface area (Å²) in [6, 6.07) is 37.7. The number of para-hydroxylation sites is 1. The molecule has 0 aliphatic heterocycles. The van der Waals surface area contributed by atoms with Crippen molar-refractivity contribution in [1.82, 2.24) is 10.3 Å². The maximum absolute atomic E-state index is 13.7. The second-order valence-corrected chi connectivity index (χ2v) is 14.0. The zero-order valence-corrected chi connectivity index (χ0v) is 30.7. The Bertz CT molecular complexity index is 2230. The summed E-state index contributed by atoms with van der Waals surface area (Å²) in [5.41, 5.74) is 3.80. The van der Waals surface area contributed by atoms with Crippen molar-refractivity contribution < 1.29 is 19.1 Å². The highest BCUT2D eigenvalue weighted by Gasteiger charge is 2.24. The number of rotatable bonds is 12. The molecule has 1 unspecified atom stereocenters. The predicted octanol–water partition coefficient (Wildman–Crippen LogP) is 10.0. The lowest BCUT2D eigenvalue weighted by atomic mass is 10.1. The highest BCUT2D eigenvalue weighted by Crippen LogP contribution is 2.38. The van der Waals surface area contributed by atoms with Crippen LogP contribution < -0.4 is 20.7 Å². The van der Waals surface area contributed by atoms with Gasteiger partial charge in [0.25, 0.3) is 11.8 Å². The Balaban J connectivity index is 1.18. The van der Waals surface area contributed by atoms with E-state index in [2.05, 4.69) is 20.9 Å². The molecule has 0 radical (unpaired) electrons. The van der Waals surface area contributed by atoms with E-state index >= 15 is 0 Å². The van der Waals surface area contributed by atoms with Gasteiger partial charge in [-0.25, -0.2) is 4.98 Å². The Morgan fingerprint density at radius 3 is 2.21 bits per heavy atom. The smallest absolute Gasteiger partial charge is 0.272 e. The van der Waals surface area contributed by atoms with E-state index in [1.165, 1.54) is 30.2 Å². The summed E-state index contributed by atoms with van der Waals surface area (Å²) in [6.07, 6.45) is 1.57. The monoisotopic (exact) mass is 764 g/mol. The second-order valence-electron chi connectivity index (χ2n) is 11.2. The van der Waals surface area contributed by atoms with Crippen LogP contribution in [0.3, 0.4) is 0 Å². The minimum absolute atomic E-state index is 0.0297. The third-order valence-corrected chi connectivity index (χ3v) is 10.4. The minimum Gasteiger partial charge on any atom is -0.496 e. The molecule has 3 N–H and O–H groups in total. The Hall–Kier alpha value is -5.39. The number of halogens is 2. The van der Waals surface area contributed by atoms with Crippen LogP contribution in [0.1, 0.15) is 26.7 Å². The maximum Gasteiger partial charge on any atom is 0.272 e. The van der Waals surface area contributed by atoms with Gasteiger partial charge in [0.2, 0.25) is 5.91 Å². The summed E-state index contributed by atoms with van der Waals surface area (Å²) in [5, 5.41) is 11.1. The molecular weight excluding hydrogens is 736 g/mol. The Morgan fingerprint density at radius 1 is 0.808 bits per heavy atom. The van der Waals surface area contributed by atoms with Gasteiger partial charge in [0, 0.05) is 32.7 Å². The summed E-state index contributed by atoms with van der Waals surface area (Å²) in [7, 11) is 1.54. The van der Waals surface area contributed by atoms with Crippen LogP contribution in [-0.2, 0) is 9.59 Å². The number of aromatic nitrogens is 1. The highest BCUT2D eigenvalue weighted by molar-refractivity contribution is 8.00. The molecule has 6 rings (SSSR count). The fourth-order valence-electron chi connectivity index (χ4n) is 5.03. The van der Waals surface area contributed by atoms with Gasteiger partial charge in [0.1, 0.15) is 16.7 Å². The van der Waals surface area contributed by atoms with Crippen LogP contribution in [0, 0.1) is 0 Å². The summed E-state index contributed by atoms with van der Waals surface area (Å²) in [5.74, 6) is -0.663. The van der Waals surface area contributed by atoms with Crippen LogP contribution in [0.5, 0.6) is 5.75 Å². The fraction of sp³-hybridized carbons (Fsp3) is 0.0500. The number of benzene rings is 5. The van der Waals surface area contributed by atoms with Crippen LogP contribution in [0.2, 0.25) is 10.0 Å². The molecule has 0 aliphatic rings. The number of ether oxygens (including phenoxy) is 1. The van der Waals surface area contributed by atoms with E-state index in [0.29, 0.717) is 43.4 Å². The molecule has 0 fully saturated rings. The zero-order valence-electron chi connectivity index (χ0n) is 27.5. The van der Waals surface area contributed by atoms with Crippen molar-refractivity contribution in [3.8, 4) is 17.0 Å². The molecule has 8 nitrogen and oxygen atoms in total. The Morgan fingerprint density at radius 2 is 1.50 bits per heavy atom. The number of nitrogens with zero attached hydrogens (tertiary/aromatic N) is 1. The number of carbonyl (C=O) groups excluding carboxylic acids is 3. The number of hydrogen-bond donors (Lipinski definition) is 3. The quantitative estimate of drug-likeness (QED) is 0.0846. The van der Waals surface area contributed by atoms with Crippen LogP contribution in [-0.4, -0.2) is 29.8 Å². The summed E-state index contributed by atoms with van der Waals surface area (Å²) < 4.78 is 5.46. The lowest BCUT2D eigenvalue weighted by Gasteiger charge is -2.17. The van der Waals surface area contributed by atoms with E-state index in [9.17, 15) is 14.4 Å². The number of amides is 3. The minimum atomic E-state index is -0.609. The van der Waals surface area contributed by atoms with Crippen molar-refractivity contribution in [2.75, 3.05) is 17.7 Å². The zero-order chi connectivity index (χ0) is 36.5. The molecule has 52 heavy (non-hydrogen) atoms. The first-order valence-electron chi connectivity index (χ1n) is 15.8. The number of anilines is 2. The summed E-state index contributed by atoms with van der Waals surface area (Å²) in [6.45, 7) is 0. The molecule has 260 valence electrons. The van der Waals surface area contributed by atoms with Crippen molar-refractivity contribution >= 4 is 80.9 Å². The highest BCUT2D eigenvalue weighted by atomic mass is 35.5. The number of methoxy groups -OCH3 is 1. The lowest BCUT2D eigenvalue weighted by Crippen LogP contribution is -2.30. The van der Waals surface area contributed by atoms with Crippen molar-refractivity contribution in [1.29, 1.82) is 0 Å². The van der Waals surface area contributed by atoms with E-state index in [1.807, 2.05) is 72.1 Å². The first kappa shape index (κ1) is 36.4. The molecule has 5 aromatic carbocycles. The molecule has 0 aliphatic carbocycles. The Labute approximate surface area is 318 Å². The van der Waals surface area contributed by atoms with E-state index in [-0.39, 0.29) is 11.6 Å². The third kappa shape index (κ3) is 9.28. The van der Waals surface area contributed by atoms with Crippen molar-refractivity contribution in [2.24, 2.45) is 0 Å². The number of thiazole rings is 1. The van der Waals surface area contributed by atoms with Gasteiger partial charge in [-0.2, -0.15) is 0 Å². The molecule has 0 saturated heterocycles. The van der Waals surface area contributed by atoms with Gasteiger partial charge in [-0.05, 0) is 66.2 Å². The van der Waals surface area contributed by atoms with Crippen molar-refractivity contribution in [3.05, 3.63) is 165 Å². The molecule has 0 bridgehead atoms. The number of hydrogen-bond acceptors (Lipinski definition) is 7. The maximum atomic E-state index is 13.7. The van der Waals surface area contributed by atoms with Gasteiger partial charge < -0.3 is 20.7 Å². The third-order valence-electron chi connectivity index (χ3n) is 7.62. The average Bonchev–Trinajstić information content (AvgIpc) is 3.64. The molecule has 0 saturated carbocycles. The molecule has 1 aromatic heterocycles. The Kier molecular flexibility index (Phi) is 12.1. The second kappa shape index (κ2) is 17.2. The number of carbonyl (C=O) groups is 3. The van der Waals surface area contributed by atoms with Crippen LogP contribution in [0.25, 0.3) is 17.3 Å². The normalized spacial score (nSPS) is 11.7. The molecule has 6 aromatic rings. The van der Waals surface area contributed by atoms with Crippen LogP contribution in [0.4, 0.5) is 10.8 Å². The first-order valence-corrected chi connectivity index (χ1v) is 18.3. The largest absolute Gasteiger partial charge is 0.496 e. The fourth-order valence-corrected chi connectivity index (χ4v) is 7.07. The molecular formula is C40H30Cl2N4O4S2. The number of nitrogens with one attached hydrogen (secondary N) is 3. The summed E-state index contributed by atoms with van der Waals surface area (Å²) >= 11 is 14.9.